The number of unbranched alkanes of at least 4 members (excludes halogenated alkanes) is 1. The molecule has 4 N–H and O–H groups in total. The van der Waals surface area contributed by atoms with Gasteiger partial charge in [0.25, 0.3) is 0 Å². The van der Waals surface area contributed by atoms with Crippen LogP contribution < -0.4 is 10.9 Å². The molecule has 1 heterocycles. The maximum atomic E-state index is 12.9. The average Bonchev–Trinajstić information content (AvgIpc) is 2.93. The van der Waals surface area contributed by atoms with Gasteiger partial charge in [0.2, 0.25) is 15.9 Å². The van der Waals surface area contributed by atoms with Crippen molar-refractivity contribution >= 4 is 21.7 Å². The van der Waals surface area contributed by atoms with Crippen LogP contribution in [0.25, 0.3) is 5.69 Å². The van der Waals surface area contributed by atoms with Crippen molar-refractivity contribution in [3.8, 4) is 5.69 Å². The smallest absolute Gasteiger partial charge is 0.238 e. The monoisotopic (exact) mass is 420 g/mol. The molecule has 0 aliphatic rings. The van der Waals surface area contributed by atoms with Crippen molar-refractivity contribution in [2.24, 2.45) is 10.9 Å². The molecule has 158 valence electrons. The molecular formula is C20H28N4O4S. The number of sulfonamides is 1. The van der Waals surface area contributed by atoms with Crippen LogP contribution in [0.3, 0.4) is 0 Å². The van der Waals surface area contributed by atoms with Crippen molar-refractivity contribution in [2.75, 3.05) is 19.6 Å². The molecule has 1 aromatic heterocycles. The molecule has 1 amide bonds. The largest absolute Gasteiger partial charge is 0.369 e. The number of benzene rings is 1. The number of nitrogens with zero attached hydrogens (tertiary/aromatic N) is 2. The molecule has 2 aromatic rings. The highest BCUT2D eigenvalue weighted by molar-refractivity contribution is 7.89. The third-order valence-electron chi connectivity index (χ3n) is 4.73. The van der Waals surface area contributed by atoms with E-state index >= 15 is 0 Å². The van der Waals surface area contributed by atoms with Gasteiger partial charge in [0.1, 0.15) is 0 Å². The van der Waals surface area contributed by atoms with E-state index in [9.17, 15) is 18.0 Å². The number of ketones is 1. The van der Waals surface area contributed by atoms with Gasteiger partial charge in [-0.2, -0.15) is 0 Å². The number of primary amides is 1. The first-order chi connectivity index (χ1) is 13.5. The van der Waals surface area contributed by atoms with E-state index in [-0.39, 0.29) is 23.8 Å². The van der Waals surface area contributed by atoms with Crippen molar-refractivity contribution in [3.05, 3.63) is 47.3 Å². The number of hydrogen-bond donors (Lipinski definition) is 2. The summed E-state index contributed by atoms with van der Waals surface area (Å²) < 4.78 is 24.8. The first-order valence-electron chi connectivity index (χ1n) is 9.40. The van der Waals surface area contributed by atoms with Crippen molar-refractivity contribution in [1.82, 2.24) is 9.47 Å². The number of amides is 1. The minimum absolute atomic E-state index is 0.0260. The second-order valence-electron chi connectivity index (χ2n) is 7.11. The standard InChI is InChI=1S/C20H28N4O4S/c1-4-5-10-23(13-20(21)26)12-19(25)18-11-14(2)24(15(18)3)16-6-8-17(9-7-16)29(22,27)28/h6-9,11H,4-5,10,12-13H2,1-3H3,(H2,21,26)(H2,22,27,28). The Morgan fingerprint density at radius 2 is 1.72 bits per heavy atom. The number of rotatable bonds is 10. The first-order valence-corrected chi connectivity index (χ1v) is 10.9. The van der Waals surface area contributed by atoms with Crippen LogP contribution >= 0.6 is 0 Å². The lowest BCUT2D eigenvalue weighted by Gasteiger charge is -2.19. The third-order valence-corrected chi connectivity index (χ3v) is 5.66. The van der Waals surface area contributed by atoms with Gasteiger partial charge >= 0.3 is 0 Å². The summed E-state index contributed by atoms with van der Waals surface area (Å²) in [6, 6.07) is 7.96. The Bertz CT molecular complexity index is 994. The van der Waals surface area contributed by atoms with E-state index in [0.717, 1.165) is 29.9 Å². The van der Waals surface area contributed by atoms with Crippen LogP contribution in [0.1, 0.15) is 41.5 Å². The highest BCUT2D eigenvalue weighted by atomic mass is 32.2. The summed E-state index contributed by atoms with van der Waals surface area (Å²) in [5, 5.41) is 5.15. The molecule has 0 bridgehead atoms. The number of aromatic nitrogens is 1. The molecule has 0 unspecified atom stereocenters. The topological polar surface area (TPSA) is 128 Å². The fourth-order valence-corrected chi connectivity index (χ4v) is 3.85. The average molecular weight is 421 g/mol. The zero-order valence-corrected chi connectivity index (χ0v) is 17.8. The summed E-state index contributed by atoms with van der Waals surface area (Å²) in [5.74, 6) is -0.558. The minimum Gasteiger partial charge on any atom is -0.369 e. The fraction of sp³-hybridized carbons (Fsp3) is 0.400. The molecule has 0 aliphatic carbocycles. The molecule has 0 fully saturated rings. The van der Waals surface area contributed by atoms with E-state index in [4.69, 9.17) is 10.9 Å². The van der Waals surface area contributed by atoms with Crippen LogP contribution in [0.2, 0.25) is 0 Å². The van der Waals surface area contributed by atoms with Crippen molar-refractivity contribution in [3.63, 3.8) is 0 Å². The van der Waals surface area contributed by atoms with Crippen LogP contribution in [0.15, 0.2) is 35.2 Å². The zero-order valence-electron chi connectivity index (χ0n) is 17.0. The van der Waals surface area contributed by atoms with Crippen molar-refractivity contribution < 1.29 is 18.0 Å². The Morgan fingerprint density at radius 3 is 2.24 bits per heavy atom. The van der Waals surface area contributed by atoms with Crippen molar-refractivity contribution in [1.29, 1.82) is 0 Å². The maximum absolute atomic E-state index is 12.9. The van der Waals surface area contributed by atoms with Gasteiger partial charge in [-0.15, -0.1) is 0 Å². The summed E-state index contributed by atoms with van der Waals surface area (Å²) in [6.07, 6.45) is 1.82. The summed E-state index contributed by atoms with van der Waals surface area (Å²) in [4.78, 5) is 26.0. The van der Waals surface area contributed by atoms with Gasteiger partial charge in [-0.1, -0.05) is 13.3 Å². The molecular weight excluding hydrogens is 392 g/mol. The van der Waals surface area contributed by atoms with Crippen molar-refractivity contribution in [2.45, 2.75) is 38.5 Å². The molecule has 1 aromatic carbocycles. The minimum atomic E-state index is -3.77. The van der Waals surface area contributed by atoms with E-state index < -0.39 is 15.9 Å². The molecule has 8 nitrogen and oxygen atoms in total. The number of primary sulfonamides is 1. The summed E-state index contributed by atoms with van der Waals surface area (Å²) in [7, 11) is -3.77. The number of carbonyl (C=O) groups excluding carboxylic acids is 2. The van der Waals surface area contributed by atoms with Gasteiger partial charge in [0.15, 0.2) is 5.78 Å². The lowest BCUT2D eigenvalue weighted by molar-refractivity contribution is -0.119. The van der Waals surface area contributed by atoms with Crippen LogP contribution in [0.4, 0.5) is 0 Å². The normalized spacial score (nSPS) is 11.8. The Morgan fingerprint density at radius 1 is 1.10 bits per heavy atom. The van der Waals surface area contributed by atoms with E-state index in [1.807, 2.05) is 25.3 Å². The molecule has 2 rings (SSSR count). The number of carbonyl (C=O) groups is 2. The van der Waals surface area contributed by atoms with Gasteiger partial charge < -0.3 is 10.3 Å². The van der Waals surface area contributed by atoms with E-state index in [2.05, 4.69) is 0 Å². The Labute approximate surface area is 171 Å². The summed E-state index contributed by atoms with van der Waals surface area (Å²) in [5.41, 5.74) is 8.17. The predicted octanol–water partition coefficient (Wildman–Crippen LogP) is 1.51. The molecule has 9 heteroatoms. The van der Waals surface area contributed by atoms with Gasteiger partial charge in [-0.05, 0) is 57.1 Å². The lowest BCUT2D eigenvalue weighted by Crippen LogP contribution is -2.38. The van der Waals surface area contributed by atoms with E-state index in [1.165, 1.54) is 12.1 Å². The van der Waals surface area contributed by atoms with E-state index in [0.29, 0.717) is 12.1 Å². The number of nitrogens with two attached hydrogens (primary N) is 2. The Hall–Kier alpha value is -2.49. The number of aryl methyl sites for hydroxylation is 1. The van der Waals surface area contributed by atoms with E-state index in [1.54, 1.807) is 23.1 Å². The Balaban J connectivity index is 2.30. The second-order valence-corrected chi connectivity index (χ2v) is 8.67. The maximum Gasteiger partial charge on any atom is 0.238 e. The molecule has 0 saturated heterocycles. The van der Waals surface area contributed by atoms with Crippen LogP contribution in [-0.4, -0.2) is 49.2 Å². The van der Waals surface area contributed by atoms with Crippen LogP contribution in [0, 0.1) is 13.8 Å². The Kier molecular flexibility index (Phi) is 7.34. The van der Waals surface area contributed by atoms with Gasteiger partial charge in [-0.3, -0.25) is 14.5 Å². The molecule has 0 aliphatic heterocycles. The number of hydrogen-bond acceptors (Lipinski definition) is 5. The molecule has 0 saturated carbocycles. The summed E-state index contributed by atoms with van der Waals surface area (Å²) in [6.45, 7) is 6.52. The molecule has 0 radical (unpaired) electrons. The SMILES string of the molecule is CCCCN(CC(N)=O)CC(=O)c1cc(C)n(-c2ccc(S(N)(=O)=O)cc2)c1C. The van der Waals surface area contributed by atoms with Gasteiger partial charge in [-0.25, -0.2) is 13.6 Å². The third kappa shape index (κ3) is 5.75. The second kappa shape index (κ2) is 9.34. The highest BCUT2D eigenvalue weighted by Crippen LogP contribution is 2.22. The van der Waals surface area contributed by atoms with Gasteiger partial charge in [0, 0.05) is 22.6 Å². The fourth-order valence-electron chi connectivity index (χ4n) is 3.33. The van der Waals surface area contributed by atoms with Gasteiger partial charge in [0.05, 0.1) is 18.0 Å². The summed E-state index contributed by atoms with van der Waals surface area (Å²) >= 11 is 0. The number of Topliss-reactive ketones (excluding diaryl/α,β-unsaturated/α-hetero) is 1. The highest BCUT2D eigenvalue weighted by Gasteiger charge is 2.20. The lowest BCUT2D eigenvalue weighted by atomic mass is 10.1. The molecule has 29 heavy (non-hydrogen) atoms. The van der Waals surface area contributed by atoms with Crippen LogP contribution in [-0.2, 0) is 14.8 Å². The molecule has 0 spiro atoms. The first kappa shape index (κ1) is 22.8. The quantitative estimate of drug-likeness (QED) is 0.563. The van der Waals surface area contributed by atoms with Crippen LogP contribution in [0.5, 0.6) is 0 Å². The molecule has 0 atom stereocenters. The predicted molar refractivity (Wildman–Crippen MR) is 111 cm³/mol. The zero-order chi connectivity index (χ0) is 21.8.